The van der Waals surface area contributed by atoms with Crippen molar-refractivity contribution >= 4 is 5.69 Å². The van der Waals surface area contributed by atoms with Crippen LogP contribution in [0.3, 0.4) is 0 Å². The molecule has 0 aliphatic carbocycles. The number of halogens is 1. The molecule has 1 aromatic rings. The summed E-state index contributed by atoms with van der Waals surface area (Å²) in [5, 5.41) is 0. The first-order valence-electron chi connectivity index (χ1n) is 6.51. The fraction of sp³-hybridized carbons (Fsp3) is 0.571. The summed E-state index contributed by atoms with van der Waals surface area (Å²) in [7, 11) is 4.15. The van der Waals surface area contributed by atoms with Gasteiger partial charge in [-0.2, -0.15) is 0 Å². The number of benzene rings is 1. The molecule has 0 aromatic heterocycles. The van der Waals surface area contributed by atoms with Crippen LogP contribution in [0.2, 0.25) is 0 Å². The van der Waals surface area contributed by atoms with Gasteiger partial charge >= 0.3 is 0 Å². The third kappa shape index (κ3) is 3.00. The van der Waals surface area contributed by atoms with Gasteiger partial charge in [-0.05, 0) is 50.7 Å². The quantitative estimate of drug-likeness (QED) is 0.886. The molecule has 100 valence electrons. The molecule has 18 heavy (non-hydrogen) atoms. The van der Waals surface area contributed by atoms with Crippen LogP contribution in [0.1, 0.15) is 18.4 Å². The first-order chi connectivity index (χ1) is 8.60. The number of nitrogens with two attached hydrogens (primary N) is 1. The number of rotatable bonds is 4. The third-order valence-corrected chi connectivity index (χ3v) is 3.46. The molecule has 1 aliphatic rings. The van der Waals surface area contributed by atoms with Gasteiger partial charge in [0, 0.05) is 31.4 Å². The van der Waals surface area contributed by atoms with Gasteiger partial charge in [-0.3, -0.25) is 0 Å². The van der Waals surface area contributed by atoms with Crippen LogP contribution in [0.5, 0.6) is 0 Å². The fourth-order valence-corrected chi connectivity index (χ4v) is 2.70. The lowest BCUT2D eigenvalue weighted by atomic mass is 10.1. The maximum Gasteiger partial charge on any atom is 0.125 e. The molecule has 0 amide bonds. The highest BCUT2D eigenvalue weighted by atomic mass is 19.1. The summed E-state index contributed by atoms with van der Waals surface area (Å²) in [4.78, 5) is 4.49. The highest BCUT2D eigenvalue weighted by Crippen LogP contribution is 2.27. The van der Waals surface area contributed by atoms with Crippen molar-refractivity contribution in [2.24, 2.45) is 5.73 Å². The Labute approximate surface area is 108 Å². The van der Waals surface area contributed by atoms with Crippen molar-refractivity contribution in [1.82, 2.24) is 4.90 Å². The molecular weight excluding hydrogens is 229 g/mol. The zero-order valence-electron chi connectivity index (χ0n) is 11.2. The molecule has 4 heteroatoms. The van der Waals surface area contributed by atoms with Crippen molar-refractivity contribution in [3.8, 4) is 0 Å². The summed E-state index contributed by atoms with van der Waals surface area (Å²) in [6, 6.07) is 5.62. The summed E-state index contributed by atoms with van der Waals surface area (Å²) in [5.41, 5.74) is 7.44. The Morgan fingerprint density at radius 3 is 2.83 bits per heavy atom. The van der Waals surface area contributed by atoms with E-state index in [9.17, 15) is 4.39 Å². The highest BCUT2D eigenvalue weighted by molar-refractivity contribution is 5.51. The molecule has 0 radical (unpaired) electrons. The molecule has 1 fully saturated rings. The van der Waals surface area contributed by atoms with E-state index in [2.05, 4.69) is 23.9 Å². The maximum absolute atomic E-state index is 13.6. The van der Waals surface area contributed by atoms with Crippen LogP contribution in [0, 0.1) is 5.82 Å². The second-order valence-electron chi connectivity index (χ2n) is 5.27. The number of nitrogens with zero attached hydrogens (tertiary/aromatic N) is 2. The van der Waals surface area contributed by atoms with E-state index in [1.165, 1.54) is 18.9 Å². The molecule has 1 unspecified atom stereocenters. The number of anilines is 1. The molecule has 1 atom stereocenters. The average Bonchev–Trinajstić information content (AvgIpc) is 2.75. The van der Waals surface area contributed by atoms with E-state index < -0.39 is 0 Å². The van der Waals surface area contributed by atoms with Gasteiger partial charge in [0.05, 0.1) is 0 Å². The van der Waals surface area contributed by atoms with Crippen LogP contribution in [0.25, 0.3) is 0 Å². The van der Waals surface area contributed by atoms with E-state index in [4.69, 9.17) is 5.73 Å². The van der Waals surface area contributed by atoms with E-state index in [1.807, 2.05) is 6.07 Å². The minimum absolute atomic E-state index is 0.191. The first-order valence-corrected chi connectivity index (χ1v) is 6.51. The van der Waals surface area contributed by atoms with Gasteiger partial charge in [-0.1, -0.05) is 0 Å². The van der Waals surface area contributed by atoms with Crippen molar-refractivity contribution in [2.45, 2.75) is 25.4 Å². The summed E-state index contributed by atoms with van der Waals surface area (Å²) in [5.74, 6) is -0.191. The van der Waals surface area contributed by atoms with Gasteiger partial charge in [0.25, 0.3) is 0 Å². The van der Waals surface area contributed by atoms with Crippen LogP contribution in [0.4, 0.5) is 10.1 Å². The zero-order valence-corrected chi connectivity index (χ0v) is 11.2. The van der Waals surface area contributed by atoms with Gasteiger partial charge in [-0.15, -0.1) is 0 Å². The molecule has 1 heterocycles. The fourth-order valence-electron chi connectivity index (χ4n) is 2.70. The zero-order chi connectivity index (χ0) is 13.1. The van der Waals surface area contributed by atoms with E-state index >= 15 is 0 Å². The average molecular weight is 251 g/mol. The lowest BCUT2D eigenvalue weighted by Crippen LogP contribution is -2.37. The lowest BCUT2D eigenvalue weighted by molar-refractivity contribution is 0.372. The Kier molecular flexibility index (Phi) is 4.19. The Balaban J connectivity index is 2.21. The van der Waals surface area contributed by atoms with Crippen LogP contribution >= 0.6 is 0 Å². The predicted octanol–water partition coefficient (Wildman–Crippen LogP) is 1.81. The van der Waals surface area contributed by atoms with Crippen molar-refractivity contribution in [1.29, 1.82) is 0 Å². The van der Waals surface area contributed by atoms with Crippen LogP contribution in [-0.4, -0.2) is 38.1 Å². The minimum atomic E-state index is -0.191. The second kappa shape index (κ2) is 5.67. The Morgan fingerprint density at radius 2 is 2.17 bits per heavy atom. The normalized spacial score (nSPS) is 19.8. The molecule has 0 saturated carbocycles. The molecule has 1 saturated heterocycles. The van der Waals surface area contributed by atoms with Gasteiger partial charge in [0.1, 0.15) is 5.82 Å². The molecule has 1 aromatic carbocycles. The largest absolute Gasteiger partial charge is 0.367 e. The van der Waals surface area contributed by atoms with Gasteiger partial charge < -0.3 is 15.5 Å². The van der Waals surface area contributed by atoms with Crippen LogP contribution in [0.15, 0.2) is 18.2 Å². The van der Waals surface area contributed by atoms with Gasteiger partial charge in [0.2, 0.25) is 0 Å². The summed E-state index contributed by atoms with van der Waals surface area (Å²) >= 11 is 0. The standard InChI is InChI=1S/C14H22FN3/c1-17(2)10-13-4-3-5-18(13)14-7-11(9-16)6-12(15)8-14/h6-8,13H,3-5,9-10,16H2,1-2H3. The summed E-state index contributed by atoms with van der Waals surface area (Å²) in [6.45, 7) is 2.40. The Morgan fingerprint density at radius 1 is 1.39 bits per heavy atom. The topological polar surface area (TPSA) is 32.5 Å². The van der Waals surface area contributed by atoms with Gasteiger partial charge in [-0.25, -0.2) is 4.39 Å². The number of hydrogen-bond acceptors (Lipinski definition) is 3. The van der Waals surface area contributed by atoms with Crippen molar-refractivity contribution in [2.75, 3.05) is 32.1 Å². The summed E-state index contributed by atoms with van der Waals surface area (Å²) < 4.78 is 13.6. The van der Waals surface area contributed by atoms with Gasteiger partial charge in [0.15, 0.2) is 0 Å². The Hall–Kier alpha value is -1.13. The van der Waals surface area contributed by atoms with E-state index in [0.717, 1.165) is 24.3 Å². The second-order valence-corrected chi connectivity index (χ2v) is 5.27. The SMILES string of the molecule is CN(C)CC1CCCN1c1cc(F)cc(CN)c1. The van der Waals surface area contributed by atoms with Crippen molar-refractivity contribution in [3.05, 3.63) is 29.6 Å². The molecule has 0 spiro atoms. The molecular formula is C14H22FN3. The number of likely N-dealkylation sites (N-methyl/N-ethyl adjacent to an activating group) is 1. The monoisotopic (exact) mass is 251 g/mol. The molecule has 2 rings (SSSR count). The van der Waals surface area contributed by atoms with E-state index in [-0.39, 0.29) is 5.82 Å². The van der Waals surface area contributed by atoms with Crippen LogP contribution < -0.4 is 10.6 Å². The first kappa shape index (κ1) is 13.3. The number of hydrogen-bond donors (Lipinski definition) is 1. The van der Waals surface area contributed by atoms with Crippen molar-refractivity contribution in [3.63, 3.8) is 0 Å². The predicted molar refractivity (Wildman–Crippen MR) is 73.2 cm³/mol. The highest BCUT2D eigenvalue weighted by Gasteiger charge is 2.25. The molecule has 1 aliphatic heterocycles. The third-order valence-electron chi connectivity index (χ3n) is 3.46. The Bertz CT molecular complexity index is 406. The molecule has 0 bridgehead atoms. The smallest absolute Gasteiger partial charge is 0.125 e. The molecule has 3 nitrogen and oxygen atoms in total. The lowest BCUT2D eigenvalue weighted by Gasteiger charge is -2.29. The maximum atomic E-state index is 13.6. The van der Waals surface area contributed by atoms with E-state index in [1.54, 1.807) is 6.07 Å². The minimum Gasteiger partial charge on any atom is -0.367 e. The summed E-state index contributed by atoms with van der Waals surface area (Å²) in [6.07, 6.45) is 2.35. The van der Waals surface area contributed by atoms with Crippen LogP contribution in [-0.2, 0) is 6.54 Å². The molecule has 2 N–H and O–H groups in total. The van der Waals surface area contributed by atoms with E-state index in [0.29, 0.717) is 12.6 Å². The van der Waals surface area contributed by atoms with Crippen molar-refractivity contribution < 1.29 is 4.39 Å².